The molecule has 0 bridgehead atoms. The van der Waals surface area contributed by atoms with Gasteiger partial charge in [-0.2, -0.15) is 4.98 Å². The molecule has 8 heteroatoms. The van der Waals surface area contributed by atoms with Gasteiger partial charge in [-0.1, -0.05) is 6.07 Å². The summed E-state index contributed by atoms with van der Waals surface area (Å²) >= 11 is 5.59. The van der Waals surface area contributed by atoms with Gasteiger partial charge in [-0.25, -0.2) is 13.4 Å². The van der Waals surface area contributed by atoms with Gasteiger partial charge in [-0.3, -0.25) is 4.72 Å². The van der Waals surface area contributed by atoms with Gasteiger partial charge in [-0.15, -0.1) is 0 Å². The Morgan fingerprint density at radius 2 is 2.05 bits per heavy atom. The van der Waals surface area contributed by atoms with Crippen LogP contribution in [0.3, 0.4) is 0 Å². The van der Waals surface area contributed by atoms with Crippen LogP contribution in [-0.4, -0.2) is 18.4 Å². The third-order valence-corrected chi connectivity index (χ3v) is 3.96. The molecule has 0 aliphatic rings. The first-order valence-electron chi connectivity index (χ1n) is 5.26. The highest BCUT2D eigenvalue weighted by atomic mass is 35.5. The number of anilines is 2. The lowest BCUT2D eigenvalue weighted by atomic mass is 10.2. The number of rotatable bonds is 3. The summed E-state index contributed by atoms with van der Waals surface area (Å²) in [6, 6.07) is 5.90. The molecule has 0 saturated heterocycles. The minimum absolute atomic E-state index is 0.0383. The zero-order valence-electron chi connectivity index (χ0n) is 9.96. The van der Waals surface area contributed by atoms with Gasteiger partial charge in [0, 0.05) is 11.9 Å². The Morgan fingerprint density at radius 1 is 1.32 bits per heavy atom. The van der Waals surface area contributed by atoms with Crippen LogP contribution >= 0.6 is 11.6 Å². The van der Waals surface area contributed by atoms with Gasteiger partial charge < -0.3 is 5.73 Å². The van der Waals surface area contributed by atoms with Crippen LogP contribution < -0.4 is 10.5 Å². The first-order chi connectivity index (χ1) is 8.88. The zero-order valence-corrected chi connectivity index (χ0v) is 11.5. The molecule has 0 fully saturated rings. The fraction of sp³-hybridized carbons (Fsp3) is 0.0909. The highest BCUT2D eigenvalue weighted by Gasteiger charge is 2.15. The fourth-order valence-electron chi connectivity index (χ4n) is 1.37. The van der Waals surface area contributed by atoms with Crippen LogP contribution in [0.4, 0.5) is 11.5 Å². The summed E-state index contributed by atoms with van der Waals surface area (Å²) in [4.78, 5) is 7.48. The molecule has 0 radical (unpaired) electrons. The second-order valence-electron chi connectivity index (χ2n) is 3.83. The normalized spacial score (nSPS) is 11.3. The molecule has 1 aromatic carbocycles. The maximum atomic E-state index is 12.1. The minimum atomic E-state index is -3.75. The third-order valence-electron chi connectivity index (χ3n) is 2.43. The topological polar surface area (TPSA) is 98.0 Å². The predicted molar refractivity (Wildman–Crippen MR) is 73.4 cm³/mol. The summed E-state index contributed by atoms with van der Waals surface area (Å²) in [5.74, 6) is 0.0964. The predicted octanol–water partition coefficient (Wildman–Crippen LogP) is 1.82. The summed E-state index contributed by atoms with van der Waals surface area (Å²) in [6.45, 7) is 1.79. The number of nitrogens with zero attached hydrogens (tertiary/aromatic N) is 2. The molecule has 100 valence electrons. The number of hydrogen-bond donors (Lipinski definition) is 2. The number of aryl methyl sites for hydroxylation is 1. The average Bonchev–Trinajstić information content (AvgIpc) is 2.32. The third kappa shape index (κ3) is 3.12. The van der Waals surface area contributed by atoms with Crippen LogP contribution in [0.2, 0.25) is 5.28 Å². The summed E-state index contributed by atoms with van der Waals surface area (Å²) in [5.41, 5.74) is 6.91. The van der Waals surface area contributed by atoms with Crippen molar-refractivity contribution in [1.29, 1.82) is 0 Å². The molecule has 19 heavy (non-hydrogen) atoms. The molecule has 0 atom stereocenters. The smallest absolute Gasteiger partial charge is 0.263 e. The number of halogens is 1. The first-order valence-corrected chi connectivity index (χ1v) is 7.12. The van der Waals surface area contributed by atoms with Crippen molar-refractivity contribution < 1.29 is 8.42 Å². The maximum Gasteiger partial charge on any atom is 0.263 e. The van der Waals surface area contributed by atoms with Gasteiger partial charge in [0.05, 0.1) is 4.90 Å². The van der Waals surface area contributed by atoms with Crippen molar-refractivity contribution >= 4 is 33.1 Å². The Kier molecular flexibility index (Phi) is 3.59. The summed E-state index contributed by atoms with van der Waals surface area (Å²) in [6.07, 6.45) is 1.36. The second-order valence-corrected chi connectivity index (χ2v) is 5.86. The number of nitrogens with two attached hydrogens (primary N) is 1. The van der Waals surface area contributed by atoms with Crippen LogP contribution in [0.15, 0.2) is 35.4 Å². The van der Waals surface area contributed by atoms with Gasteiger partial charge >= 0.3 is 0 Å². The molecular weight excluding hydrogens is 288 g/mol. The van der Waals surface area contributed by atoms with E-state index in [0.29, 0.717) is 5.69 Å². The lowest BCUT2D eigenvalue weighted by molar-refractivity contribution is 0.601. The number of nitrogens with one attached hydrogen (secondary N) is 1. The lowest BCUT2D eigenvalue weighted by Gasteiger charge is -2.08. The van der Waals surface area contributed by atoms with Crippen molar-refractivity contribution in [2.45, 2.75) is 11.8 Å². The Morgan fingerprint density at radius 3 is 2.68 bits per heavy atom. The molecule has 0 spiro atoms. The average molecular weight is 299 g/mol. The summed E-state index contributed by atoms with van der Waals surface area (Å²) in [5, 5.41) is -0.0383. The Balaban J connectivity index is 2.35. The van der Waals surface area contributed by atoms with E-state index in [0.717, 1.165) is 5.56 Å². The van der Waals surface area contributed by atoms with Gasteiger partial charge in [-0.05, 0) is 42.3 Å². The van der Waals surface area contributed by atoms with Crippen molar-refractivity contribution in [1.82, 2.24) is 9.97 Å². The molecule has 0 aliphatic heterocycles. The van der Waals surface area contributed by atoms with E-state index in [1.54, 1.807) is 13.0 Å². The summed E-state index contributed by atoms with van der Waals surface area (Å²) in [7, 11) is -3.75. The van der Waals surface area contributed by atoms with E-state index in [2.05, 4.69) is 14.7 Å². The highest BCUT2D eigenvalue weighted by molar-refractivity contribution is 7.92. The van der Waals surface area contributed by atoms with Crippen molar-refractivity contribution in [3.8, 4) is 0 Å². The Bertz CT molecular complexity index is 718. The van der Waals surface area contributed by atoms with E-state index in [1.165, 1.54) is 24.4 Å². The second kappa shape index (κ2) is 5.02. The van der Waals surface area contributed by atoms with E-state index < -0.39 is 10.0 Å². The standard InChI is InChI=1S/C11H11ClN4O2S/c1-7-2-3-8(6-9(7)13)19(17,18)16-10-4-5-14-11(12)15-10/h2-6H,13H2,1H3,(H,14,15,16). The largest absolute Gasteiger partial charge is 0.398 e. The van der Waals surface area contributed by atoms with Gasteiger partial charge in [0.1, 0.15) is 5.82 Å². The van der Waals surface area contributed by atoms with Crippen LogP contribution in [0.1, 0.15) is 5.56 Å². The van der Waals surface area contributed by atoms with Gasteiger partial charge in [0.2, 0.25) is 5.28 Å². The number of benzene rings is 1. The first kappa shape index (κ1) is 13.6. The number of aromatic nitrogens is 2. The number of nitrogen functional groups attached to an aromatic ring is 1. The molecule has 1 aromatic heterocycles. The number of sulfonamides is 1. The van der Waals surface area contributed by atoms with Crippen LogP contribution in [0.25, 0.3) is 0 Å². The van der Waals surface area contributed by atoms with E-state index in [4.69, 9.17) is 17.3 Å². The molecule has 2 rings (SSSR count). The van der Waals surface area contributed by atoms with E-state index in [1.807, 2.05) is 0 Å². The molecule has 0 saturated carbocycles. The Labute approximate surface area is 115 Å². The zero-order chi connectivity index (χ0) is 14.0. The molecule has 0 aliphatic carbocycles. The monoisotopic (exact) mass is 298 g/mol. The Hall–Kier alpha value is -1.86. The van der Waals surface area contributed by atoms with Crippen LogP contribution in [-0.2, 0) is 10.0 Å². The van der Waals surface area contributed by atoms with E-state index in [9.17, 15) is 8.42 Å². The molecule has 2 aromatic rings. The number of hydrogen-bond acceptors (Lipinski definition) is 5. The van der Waals surface area contributed by atoms with Crippen molar-refractivity contribution in [2.75, 3.05) is 10.5 Å². The molecular formula is C11H11ClN4O2S. The van der Waals surface area contributed by atoms with Crippen molar-refractivity contribution in [3.63, 3.8) is 0 Å². The fourth-order valence-corrected chi connectivity index (χ4v) is 2.56. The SMILES string of the molecule is Cc1ccc(S(=O)(=O)Nc2ccnc(Cl)n2)cc1N. The summed E-state index contributed by atoms with van der Waals surface area (Å²) < 4.78 is 26.5. The molecule has 1 heterocycles. The quantitative estimate of drug-likeness (QED) is 0.665. The van der Waals surface area contributed by atoms with Gasteiger partial charge in [0.25, 0.3) is 10.0 Å². The van der Waals surface area contributed by atoms with E-state index >= 15 is 0 Å². The maximum absolute atomic E-state index is 12.1. The molecule has 0 amide bonds. The molecule has 6 nitrogen and oxygen atoms in total. The molecule has 3 N–H and O–H groups in total. The van der Waals surface area contributed by atoms with Crippen molar-refractivity contribution in [2.24, 2.45) is 0 Å². The van der Waals surface area contributed by atoms with Crippen molar-refractivity contribution in [3.05, 3.63) is 41.3 Å². The highest BCUT2D eigenvalue weighted by Crippen LogP contribution is 2.19. The van der Waals surface area contributed by atoms with Crippen LogP contribution in [0.5, 0.6) is 0 Å². The van der Waals surface area contributed by atoms with E-state index in [-0.39, 0.29) is 16.0 Å². The van der Waals surface area contributed by atoms with Gasteiger partial charge in [0.15, 0.2) is 0 Å². The van der Waals surface area contributed by atoms with Crippen LogP contribution in [0, 0.1) is 6.92 Å². The lowest BCUT2D eigenvalue weighted by Crippen LogP contribution is -2.14. The molecule has 0 unspecified atom stereocenters. The minimum Gasteiger partial charge on any atom is -0.398 e.